The van der Waals surface area contributed by atoms with Crippen molar-refractivity contribution in [2.45, 2.75) is 0 Å². The summed E-state index contributed by atoms with van der Waals surface area (Å²) < 4.78 is 10.2. The van der Waals surface area contributed by atoms with E-state index in [9.17, 15) is 9.59 Å². The molecule has 0 saturated heterocycles. The molecular formula is C13H10N2O5. The van der Waals surface area contributed by atoms with Crippen LogP contribution in [-0.4, -0.2) is 35.3 Å². The average molecular weight is 274 g/mol. The number of hydrogen-bond donors (Lipinski definition) is 1. The van der Waals surface area contributed by atoms with Gasteiger partial charge in [-0.25, -0.2) is 4.79 Å². The Hall–Kier alpha value is -2.83. The fourth-order valence-electron chi connectivity index (χ4n) is 2.05. The standard InChI is InChI=1S/C13H10N2O5/c16-12(11-8(13(17)18)7-14-20-11)15-5-6-19-10-4-2-1-3-9(10)15/h1-4,7H,5-6H2,(H,17,18). The minimum Gasteiger partial charge on any atom is -0.490 e. The van der Waals surface area contributed by atoms with Gasteiger partial charge in [-0.1, -0.05) is 17.3 Å². The van der Waals surface area contributed by atoms with Gasteiger partial charge in [0, 0.05) is 0 Å². The number of ether oxygens (including phenoxy) is 1. The molecule has 0 aliphatic carbocycles. The lowest BCUT2D eigenvalue weighted by Crippen LogP contribution is -2.38. The SMILES string of the molecule is O=C(O)c1cnoc1C(=O)N1CCOc2ccccc21. The molecule has 1 aromatic heterocycles. The van der Waals surface area contributed by atoms with Crippen molar-refractivity contribution >= 4 is 17.6 Å². The van der Waals surface area contributed by atoms with Gasteiger partial charge >= 0.3 is 5.97 Å². The van der Waals surface area contributed by atoms with Gasteiger partial charge < -0.3 is 14.4 Å². The lowest BCUT2D eigenvalue weighted by atomic mass is 10.2. The topological polar surface area (TPSA) is 92.9 Å². The van der Waals surface area contributed by atoms with Crippen LogP contribution in [0.25, 0.3) is 0 Å². The number of benzene rings is 1. The number of anilines is 1. The number of aromatic nitrogens is 1. The monoisotopic (exact) mass is 274 g/mol. The quantitative estimate of drug-likeness (QED) is 0.890. The Morgan fingerprint density at radius 3 is 2.90 bits per heavy atom. The van der Waals surface area contributed by atoms with Crippen molar-refractivity contribution < 1.29 is 24.0 Å². The van der Waals surface area contributed by atoms with Gasteiger partial charge in [0.25, 0.3) is 5.91 Å². The molecule has 1 amide bonds. The summed E-state index contributed by atoms with van der Waals surface area (Å²) in [6.45, 7) is 0.648. The molecule has 2 heterocycles. The minimum absolute atomic E-state index is 0.251. The first-order valence-corrected chi connectivity index (χ1v) is 5.90. The molecule has 20 heavy (non-hydrogen) atoms. The summed E-state index contributed by atoms with van der Waals surface area (Å²) in [5.74, 6) is -1.51. The first kappa shape index (κ1) is 12.2. The largest absolute Gasteiger partial charge is 0.490 e. The minimum atomic E-state index is -1.25. The predicted octanol–water partition coefficient (Wildman–Crippen LogP) is 1.41. The van der Waals surface area contributed by atoms with Crippen LogP contribution in [0, 0.1) is 0 Å². The fourth-order valence-corrected chi connectivity index (χ4v) is 2.05. The number of hydrogen-bond acceptors (Lipinski definition) is 5. The molecule has 0 bridgehead atoms. The van der Waals surface area contributed by atoms with E-state index in [4.69, 9.17) is 14.4 Å². The Kier molecular flexibility index (Phi) is 2.86. The number of para-hydroxylation sites is 2. The lowest BCUT2D eigenvalue weighted by molar-refractivity contribution is 0.0689. The Morgan fingerprint density at radius 1 is 1.30 bits per heavy atom. The van der Waals surface area contributed by atoms with Crippen LogP contribution in [-0.2, 0) is 0 Å². The van der Waals surface area contributed by atoms with Crippen molar-refractivity contribution in [2.75, 3.05) is 18.1 Å². The zero-order valence-corrected chi connectivity index (χ0v) is 10.3. The van der Waals surface area contributed by atoms with Gasteiger partial charge in [-0.15, -0.1) is 0 Å². The van der Waals surface area contributed by atoms with Gasteiger partial charge in [0.05, 0.1) is 18.4 Å². The molecule has 2 aromatic rings. The second-order valence-electron chi connectivity index (χ2n) is 4.15. The second kappa shape index (κ2) is 4.69. The first-order valence-electron chi connectivity index (χ1n) is 5.90. The van der Waals surface area contributed by atoms with Crippen LogP contribution >= 0.6 is 0 Å². The number of nitrogens with zero attached hydrogens (tertiary/aromatic N) is 2. The lowest BCUT2D eigenvalue weighted by Gasteiger charge is -2.28. The molecule has 0 radical (unpaired) electrons. The van der Waals surface area contributed by atoms with Gasteiger partial charge in [-0.3, -0.25) is 9.69 Å². The Morgan fingerprint density at radius 2 is 2.10 bits per heavy atom. The normalized spacial score (nSPS) is 13.5. The van der Waals surface area contributed by atoms with Gasteiger partial charge in [-0.2, -0.15) is 0 Å². The van der Waals surface area contributed by atoms with Gasteiger partial charge in [-0.05, 0) is 12.1 Å². The highest BCUT2D eigenvalue weighted by molar-refractivity contribution is 6.10. The highest BCUT2D eigenvalue weighted by atomic mass is 16.5. The van der Waals surface area contributed by atoms with Crippen LogP contribution in [0.1, 0.15) is 20.9 Å². The number of aromatic carboxylic acids is 1. The van der Waals surface area contributed by atoms with Gasteiger partial charge in [0.1, 0.15) is 17.9 Å². The molecular weight excluding hydrogens is 264 g/mol. The van der Waals surface area contributed by atoms with E-state index in [0.29, 0.717) is 24.6 Å². The van der Waals surface area contributed by atoms with Crippen LogP contribution in [0.15, 0.2) is 35.0 Å². The third-order valence-electron chi connectivity index (χ3n) is 2.97. The molecule has 7 nitrogen and oxygen atoms in total. The van der Waals surface area contributed by atoms with E-state index in [-0.39, 0.29) is 11.3 Å². The maximum Gasteiger partial charge on any atom is 0.341 e. The maximum atomic E-state index is 12.4. The van der Waals surface area contributed by atoms with Crippen LogP contribution in [0.3, 0.4) is 0 Å². The molecule has 1 aliphatic rings. The molecule has 0 atom stereocenters. The number of amides is 1. The Balaban J connectivity index is 2.00. The van der Waals surface area contributed by atoms with E-state index in [1.54, 1.807) is 24.3 Å². The van der Waals surface area contributed by atoms with Gasteiger partial charge in [0.2, 0.25) is 5.76 Å². The highest BCUT2D eigenvalue weighted by Crippen LogP contribution is 2.32. The third kappa shape index (κ3) is 1.89. The molecule has 0 spiro atoms. The molecule has 1 aromatic carbocycles. The summed E-state index contributed by atoms with van der Waals surface area (Å²) in [5.41, 5.74) is 0.329. The predicted molar refractivity (Wildman–Crippen MR) is 67.1 cm³/mol. The summed E-state index contributed by atoms with van der Waals surface area (Å²) >= 11 is 0. The van der Waals surface area contributed by atoms with E-state index < -0.39 is 11.9 Å². The van der Waals surface area contributed by atoms with Gasteiger partial charge in [0.15, 0.2) is 0 Å². The fraction of sp³-hybridized carbons (Fsp3) is 0.154. The summed E-state index contributed by atoms with van der Waals surface area (Å²) in [4.78, 5) is 24.9. The van der Waals surface area contributed by atoms with Crippen molar-refractivity contribution in [3.8, 4) is 5.75 Å². The van der Waals surface area contributed by atoms with Crippen LogP contribution < -0.4 is 9.64 Å². The maximum absolute atomic E-state index is 12.4. The van der Waals surface area contributed by atoms with E-state index >= 15 is 0 Å². The number of fused-ring (bicyclic) bond motifs is 1. The van der Waals surface area contributed by atoms with Crippen LogP contribution in [0.5, 0.6) is 5.75 Å². The van der Waals surface area contributed by atoms with Crippen molar-refractivity contribution in [3.63, 3.8) is 0 Å². The van der Waals surface area contributed by atoms with Crippen LogP contribution in [0.4, 0.5) is 5.69 Å². The summed E-state index contributed by atoms with van der Waals surface area (Å²) in [6, 6.07) is 7.03. The van der Waals surface area contributed by atoms with Crippen molar-refractivity contribution in [2.24, 2.45) is 0 Å². The van der Waals surface area contributed by atoms with E-state index in [1.807, 2.05) is 0 Å². The molecule has 7 heteroatoms. The van der Waals surface area contributed by atoms with Crippen molar-refractivity contribution in [1.29, 1.82) is 0 Å². The molecule has 0 unspecified atom stereocenters. The molecule has 1 aliphatic heterocycles. The van der Waals surface area contributed by atoms with E-state index in [1.165, 1.54) is 4.90 Å². The molecule has 0 fully saturated rings. The van der Waals surface area contributed by atoms with Crippen LogP contribution in [0.2, 0.25) is 0 Å². The Bertz CT molecular complexity index is 679. The number of rotatable bonds is 2. The zero-order chi connectivity index (χ0) is 14.1. The van der Waals surface area contributed by atoms with Crippen molar-refractivity contribution in [3.05, 3.63) is 41.8 Å². The number of carbonyl (C=O) groups excluding carboxylic acids is 1. The smallest absolute Gasteiger partial charge is 0.341 e. The average Bonchev–Trinajstić information content (AvgIpc) is 2.95. The molecule has 3 rings (SSSR count). The number of carbonyl (C=O) groups is 2. The molecule has 1 N–H and O–H groups in total. The third-order valence-corrected chi connectivity index (χ3v) is 2.97. The zero-order valence-electron chi connectivity index (χ0n) is 10.3. The number of carboxylic acids is 1. The first-order chi connectivity index (χ1) is 9.68. The van der Waals surface area contributed by atoms with E-state index in [0.717, 1.165) is 6.20 Å². The second-order valence-corrected chi connectivity index (χ2v) is 4.15. The van der Waals surface area contributed by atoms with Crippen molar-refractivity contribution in [1.82, 2.24) is 5.16 Å². The summed E-state index contributed by atoms with van der Waals surface area (Å²) in [5, 5.41) is 12.4. The molecule has 102 valence electrons. The number of carboxylic acid groups (broad SMARTS) is 1. The summed E-state index contributed by atoms with van der Waals surface area (Å²) in [7, 11) is 0. The van der Waals surface area contributed by atoms with E-state index in [2.05, 4.69) is 5.16 Å². The summed E-state index contributed by atoms with van der Waals surface area (Å²) in [6.07, 6.45) is 1.02. The Labute approximate surface area is 113 Å². The molecule has 0 saturated carbocycles. The highest BCUT2D eigenvalue weighted by Gasteiger charge is 2.30.